The van der Waals surface area contributed by atoms with Crippen LogP contribution in [0.15, 0.2) is 40.8 Å². The zero-order valence-electron chi connectivity index (χ0n) is 11.7. The van der Waals surface area contributed by atoms with Crippen molar-refractivity contribution in [3.63, 3.8) is 0 Å². The summed E-state index contributed by atoms with van der Waals surface area (Å²) in [7, 11) is 0. The third-order valence-electron chi connectivity index (χ3n) is 3.44. The molecule has 0 aliphatic carbocycles. The zero-order chi connectivity index (χ0) is 14.8. The molecule has 0 unspecified atom stereocenters. The first-order chi connectivity index (χ1) is 10.2. The molecular formula is C15H16N4OS. The molecule has 1 aromatic carbocycles. The number of nitrogens with zero attached hydrogens (tertiary/aromatic N) is 2. The predicted molar refractivity (Wildman–Crippen MR) is 87.8 cm³/mol. The van der Waals surface area contributed by atoms with Gasteiger partial charge in [-0.3, -0.25) is 4.79 Å². The fourth-order valence-corrected chi connectivity index (χ4v) is 3.07. The highest BCUT2D eigenvalue weighted by Gasteiger charge is 2.12. The first-order valence-electron chi connectivity index (χ1n) is 6.73. The van der Waals surface area contributed by atoms with E-state index in [1.807, 2.05) is 12.1 Å². The summed E-state index contributed by atoms with van der Waals surface area (Å²) in [6.07, 6.45) is 1.42. The van der Waals surface area contributed by atoms with E-state index in [1.54, 1.807) is 17.4 Å². The van der Waals surface area contributed by atoms with Crippen LogP contribution < -0.4 is 16.2 Å². The van der Waals surface area contributed by atoms with Crippen molar-refractivity contribution in [3.05, 3.63) is 51.2 Å². The van der Waals surface area contributed by atoms with Gasteiger partial charge in [-0.2, -0.15) is 0 Å². The van der Waals surface area contributed by atoms with Crippen LogP contribution >= 0.6 is 11.3 Å². The molecular weight excluding hydrogens is 284 g/mol. The quantitative estimate of drug-likeness (QED) is 0.726. The van der Waals surface area contributed by atoms with E-state index < -0.39 is 0 Å². The SMILES string of the molecule is CCN(Cc1cccs1)c1cc2nc[nH]c(=O)c2cc1N. The van der Waals surface area contributed by atoms with Crippen molar-refractivity contribution in [1.29, 1.82) is 0 Å². The molecule has 0 radical (unpaired) electrons. The molecule has 0 spiro atoms. The molecule has 0 bridgehead atoms. The minimum absolute atomic E-state index is 0.167. The smallest absolute Gasteiger partial charge is 0.258 e. The molecule has 0 aliphatic heterocycles. The highest BCUT2D eigenvalue weighted by Crippen LogP contribution is 2.28. The second-order valence-corrected chi connectivity index (χ2v) is 5.79. The van der Waals surface area contributed by atoms with E-state index in [-0.39, 0.29) is 5.56 Å². The Morgan fingerprint density at radius 1 is 1.43 bits per heavy atom. The molecule has 0 aliphatic rings. The van der Waals surface area contributed by atoms with E-state index in [0.717, 1.165) is 18.8 Å². The van der Waals surface area contributed by atoms with Gasteiger partial charge in [0.1, 0.15) is 0 Å². The zero-order valence-corrected chi connectivity index (χ0v) is 12.5. The van der Waals surface area contributed by atoms with Crippen LogP contribution in [0.5, 0.6) is 0 Å². The van der Waals surface area contributed by atoms with Gasteiger partial charge in [-0.1, -0.05) is 6.07 Å². The average Bonchev–Trinajstić information content (AvgIpc) is 2.98. The number of fused-ring (bicyclic) bond motifs is 1. The van der Waals surface area contributed by atoms with Gasteiger partial charge in [-0.05, 0) is 30.5 Å². The number of thiophene rings is 1. The van der Waals surface area contributed by atoms with Gasteiger partial charge < -0.3 is 15.6 Å². The second-order valence-electron chi connectivity index (χ2n) is 4.75. The molecule has 6 heteroatoms. The Morgan fingerprint density at radius 3 is 3.00 bits per heavy atom. The maximum absolute atomic E-state index is 11.8. The molecule has 2 aromatic heterocycles. The lowest BCUT2D eigenvalue weighted by molar-refractivity contribution is 0.844. The maximum atomic E-state index is 11.8. The monoisotopic (exact) mass is 300 g/mol. The molecule has 0 saturated heterocycles. The Bertz CT molecular complexity index is 810. The average molecular weight is 300 g/mol. The van der Waals surface area contributed by atoms with Crippen LogP contribution in [0.25, 0.3) is 10.9 Å². The normalized spacial score (nSPS) is 10.9. The molecule has 2 heterocycles. The second kappa shape index (κ2) is 5.57. The first kappa shape index (κ1) is 13.6. The largest absolute Gasteiger partial charge is 0.397 e. The van der Waals surface area contributed by atoms with Gasteiger partial charge in [-0.25, -0.2) is 4.98 Å². The number of hydrogen-bond acceptors (Lipinski definition) is 5. The van der Waals surface area contributed by atoms with Gasteiger partial charge in [0.15, 0.2) is 0 Å². The van der Waals surface area contributed by atoms with Crippen molar-refractivity contribution in [2.45, 2.75) is 13.5 Å². The molecule has 0 fully saturated rings. The number of nitrogens with two attached hydrogens (primary N) is 1. The van der Waals surface area contributed by atoms with Crippen molar-refractivity contribution < 1.29 is 0 Å². The standard InChI is InChI=1S/C15H16N4OS/c1-2-19(8-10-4-3-5-21-10)14-7-13-11(6-12(14)16)15(20)18-9-17-13/h3-7,9H,2,8,16H2,1H3,(H,17,18,20). The van der Waals surface area contributed by atoms with Crippen molar-refractivity contribution in [3.8, 4) is 0 Å². The fraction of sp³-hybridized carbons (Fsp3) is 0.200. The molecule has 3 aromatic rings. The third kappa shape index (κ3) is 2.62. The van der Waals surface area contributed by atoms with Crippen LogP contribution in [0.4, 0.5) is 11.4 Å². The molecule has 108 valence electrons. The third-order valence-corrected chi connectivity index (χ3v) is 4.30. The molecule has 21 heavy (non-hydrogen) atoms. The molecule has 5 nitrogen and oxygen atoms in total. The summed E-state index contributed by atoms with van der Waals surface area (Å²) >= 11 is 1.72. The summed E-state index contributed by atoms with van der Waals surface area (Å²) in [5, 5.41) is 2.58. The molecule has 0 amide bonds. The number of nitrogen functional groups attached to an aromatic ring is 1. The molecule has 0 atom stereocenters. The number of aromatic amines is 1. The highest BCUT2D eigenvalue weighted by atomic mass is 32.1. The van der Waals surface area contributed by atoms with Gasteiger partial charge in [-0.15, -0.1) is 11.3 Å². The minimum atomic E-state index is -0.167. The summed E-state index contributed by atoms with van der Waals surface area (Å²) < 4.78 is 0. The fourth-order valence-electron chi connectivity index (χ4n) is 2.35. The number of hydrogen-bond donors (Lipinski definition) is 2. The lowest BCUT2D eigenvalue weighted by Gasteiger charge is -2.24. The Kier molecular flexibility index (Phi) is 3.62. The van der Waals surface area contributed by atoms with Crippen LogP contribution in [0, 0.1) is 0 Å². The highest BCUT2D eigenvalue weighted by molar-refractivity contribution is 7.09. The number of aromatic nitrogens is 2. The van der Waals surface area contributed by atoms with Crippen molar-refractivity contribution in [1.82, 2.24) is 9.97 Å². The minimum Gasteiger partial charge on any atom is -0.397 e. The van der Waals surface area contributed by atoms with Gasteiger partial charge in [0.25, 0.3) is 5.56 Å². The maximum Gasteiger partial charge on any atom is 0.258 e. The Labute approximate surface area is 126 Å². The molecule has 3 rings (SSSR count). The lowest BCUT2D eigenvalue weighted by Crippen LogP contribution is -2.23. The van der Waals surface area contributed by atoms with Crippen LogP contribution in [0.2, 0.25) is 0 Å². The van der Waals surface area contributed by atoms with E-state index in [1.165, 1.54) is 11.2 Å². The van der Waals surface area contributed by atoms with Gasteiger partial charge in [0.2, 0.25) is 0 Å². The molecule has 0 saturated carbocycles. The van der Waals surface area contributed by atoms with Crippen LogP contribution in [-0.2, 0) is 6.54 Å². The number of H-pyrrole nitrogens is 1. The van der Waals surface area contributed by atoms with E-state index >= 15 is 0 Å². The summed E-state index contributed by atoms with van der Waals surface area (Å²) in [5.41, 5.74) is 8.14. The van der Waals surface area contributed by atoms with Crippen LogP contribution in [0.1, 0.15) is 11.8 Å². The van der Waals surface area contributed by atoms with E-state index in [0.29, 0.717) is 16.6 Å². The van der Waals surface area contributed by atoms with Gasteiger partial charge in [0, 0.05) is 11.4 Å². The Balaban J connectivity index is 2.05. The Hall–Kier alpha value is -2.34. The molecule has 3 N–H and O–H groups in total. The van der Waals surface area contributed by atoms with Crippen molar-refractivity contribution in [2.75, 3.05) is 17.2 Å². The van der Waals surface area contributed by atoms with Crippen LogP contribution in [0.3, 0.4) is 0 Å². The van der Waals surface area contributed by atoms with Gasteiger partial charge >= 0.3 is 0 Å². The lowest BCUT2D eigenvalue weighted by atomic mass is 10.1. The van der Waals surface area contributed by atoms with E-state index in [4.69, 9.17) is 5.73 Å². The van der Waals surface area contributed by atoms with Crippen molar-refractivity contribution in [2.24, 2.45) is 0 Å². The summed E-state index contributed by atoms with van der Waals surface area (Å²) in [4.78, 5) is 22.0. The number of rotatable bonds is 4. The number of nitrogens with one attached hydrogen (secondary N) is 1. The number of anilines is 2. The predicted octanol–water partition coefficient (Wildman–Crippen LogP) is 2.59. The van der Waals surface area contributed by atoms with E-state index in [2.05, 4.69) is 33.2 Å². The van der Waals surface area contributed by atoms with Gasteiger partial charge in [0.05, 0.1) is 35.1 Å². The van der Waals surface area contributed by atoms with E-state index in [9.17, 15) is 4.79 Å². The van der Waals surface area contributed by atoms with Crippen molar-refractivity contribution >= 4 is 33.6 Å². The Morgan fingerprint density at radius 2 is 2.29 bits per heavy atom. The summed E-state index contributed by atoms with van der Waals surface area (Å²) in [6.45, 7) is 3.71. The summed E-state index contributed by atoms with van der Waals surface area (Å²) in [6, 6.07) is 7.73. The number of benzene rings is 1. The topological polar surface area (TPSA) is 75.0 Å². The van der Waals surface area contributed by atoms with Crippen LogP contribution in [-0.4, -0.2) is 16.5 Å². The first-order valence-corrected chi connectivity index (χ1v) is 7.61. The summed E-state index contributed by atoms with van der Waals surface area (Å²) in [5.74, 6) is 0.